The third-order valence-corrected chi connectivity index (χ3v) is 5.48. The summed E-state index contributed by atoms with van der Waals surface area (Å²) in [5.41, 5.74) is 8.30. The van der Waals surface area contributed by atoms with Gasteiger partial charge in [-0.15, -0.1) is 5.10 Å². The van der Waals surface area contributed by atoms with E-state index in [2.05, 4.69) is 36.1 Å². The van der Waals surface area contributed by atoms with E-state index in [0.29, 0.717) is 23.1 Å². The van der Waals surface area contributed by atoms with Crippen LogP contribution in [0.3, 0.4) is 0 Å². The Morgan fingerprint density at radius 1 is 0.949 bits per heavy atom. The molecular weight excluding hydrogens is 533 g/mol. The molecule has 0 spiro atoms. The lowest BCUT2D eigenvalue weighted by atomic mass is 9.98. The molecule has 0 atom stereocenters. The first-order valence-corrected chi connectivity index (χ1v) is 11.7. The highest BCUT2D eigenvalue weighted by atomic mass is 35.5. The van der Waals surface area contributed by atoms with Gasteiger partial charge in [0.1, 0.15) is 5.69 Å². The third kappa shape index (κ3) is 6.93. The van der Waals surface area contributed by atoms with Crippen LogP contribution in [0, 0.1) is 6.92 Å². The van der Waals surface area contributed by atoms with Crippen molar-refractivity contribution < 1.29 is 18.0 Å². The molecule has 5 rings (SSSR count). The molecule has 0 unspecified atom stereocenters. The summed E-state index contributed by atoms with van der Waals surface area (Å²) in [5.74, 6) is 1.08. The fraction of sp³-hybridized carbons (Fsp3) is 0.0769. The molecule has 1 amide bonds. The van der Waals surface area contributed by atoms with Gasteiger partial charge >= 0.3 is 6.18 Å². The fourth-order valence-electron chi connectivity index (χ4n) is 3.42. The standard InChI is InChI=1S/C19H14ClN7O.C7H6F3N/c20-15-5-2-13(3-6-15)16-11-22-25-19(26-23-12-28)18(16)14-4-7-17(21-10-14)27-9-1-8-24-27;1-5-2-3-6(11-4-5)7(8,9)10/h1-12H,(H,23,28)(H,25,26);2-4H,1H3. The zero-order valence-electron chi connectivity index (χ0n) is 20.3. The van der Waals surface area contributed by atoms with Gasteiger partial charge in [0.05, 0.1) is 6.20 Å². The number of carbonyl (C=O) groups is 1. The zero-order valence-corrected chi connectivity index (χ0v) is 21.0. The van der Waals surface area contributed by atoms with Crippen molar-refractivity contribution in [3.8, 4) is 28.1 Å². The Bertz CT molecular complexity index is 1510. The molecule has 0 fully saturated rings. The molecule has 0 aliphatic rings. The number of carbonyl (C=O) groups excluding carboxylic acids is 1. The molecule has 0 aliphatic carbocycles. The Morgan fingerprint density at radius 3 is 2.31 bits per heavy atom. The molecule has 1 aromatic carbocycles. The van der Waals surface area contributed by atoms with Gasteiger partial charge in [0, 0.05) is 46.5 Å². The zero-order chi connectivity index (χ0) is 27.8. The summed E-state index contributed by atoms with van der Waals surface area (Å²) >= 11 is 6.01. The van der Waals surface area contributed by atoms with Crippen molar-refractivity contribution in [1.82, 2.24) is 35.4 Å². The van der Waals surface area contributed by atoms with Crippen LogP contribution in [0.5, 0.6) is 0 Å². The number of hydrogen-bond acceptors (Lipinski definition) is 7. The summed E-state index contributed by atoms with van der Waals surface area (Å²) in [6.45, 7) is 1.69. The largest absolute Gasteiger partial charge is 0.433 e. The Morgan fingerprint density at radius 2 is 1.72 bits per heavy atom. The summed E-state index contributed by atoms with van der Waals surface area (Å²) in [7, 11) is 0. The average Bonchev–Trinajstić information content (AvgIpc) is 3.48. The second-order valence-corrected chi connectivity index (χ2v) is 8.39. The van der Waals surface area contributed by atoms with Crippen molar-refractivity contribution in [3.63, 3.8) is 0 Å². The minimum absolute atomic E-state index is 0.396. The van der Waals surface area contributed by atoms with Crippen LogP contribution in [0.4, 0.5) is 19.0 Å². The van der Waals surface area contributed by atoms with Crippen LogP contribution in [0.15, 0.2) is 85.6 Å². The first kappa shape index (κ1) is 27.2. The van der Waals surface area contributed by atoms with Crippen LogP contribution in [0.1, 0.15) is 11.3 Å². The van der Waals surface area contributed by atoms with E-state index in [1.807, 2.05) is 36.5 Å². The quantitative estimate of drug-likeness (QED) is 0.210. The molecule has 0 saturated carbocycles. The molecule has 198 valence electrons. The number of halogens is 4. The summed E-state index contributed by atoms with van der Waals surface area (Å²) in [4.78, 5) is 18.4. The highest BCUT2D eigenvalue weighted by molar-refractivity contribution is 6.30. The second-order valence-electron chi connectivity index (χ2n) is 7.95. The summed E-state index contributed by atoms with van der Waals surface area (Å²) in [5, 5.41) is 13.0. The molecule has 9 nitrogen and oxygen atoms in total. The first-order valence-electron chi connectivity index (χ1n) is 11.3. The normalized spacial score (nSPS) is 10.8. The Labute approximate surface area is 225 Å². The SMILES string of the molecule is Cc1ccc(C(F)(F)F)nc1.O=CNNc1nncc(-c2ccc(Cl)cc2)c1-c1ccc(-n2cccn2)nc1. The predicted molar refractivity (Wildman–Crippen MR) is 140 cm³/mol. The van der Waals surface area contributed by atoms with Gasteiger partial charge < -0.3 is 0 Å². The van der Waals surface area contributed by atoms with E-state index >= 15 is 0 Å². The lowest BCUT2D eigenvalue weighted by Gasteiger charge is -2.14. The molecule has 0 radical (unpaired) electrons. The van der Waals surface area contributed by atoms with Gasteiger partial charge in [0.25, 0.3) is 0 Å². The number of anilines is 1. The Balaban J connectivity index is 0.000000270. The Kier molecular flexibility index (Phi) is 8.46. The number of alkyl halides is 3. The van der Waals surface area contributed by atoms with Gasteiger partial charge in [-0.2, -0.15) is 23.4 Å². The monoisotopic (exact) mass is 552 g/mol. The summed E-state index contributed by atoms with van der Waals surface area (Å²) < 4.78 is 37.2. The van der Waals surface area contributed by atoms with Crippen LogP contribution in [0.25, 0.3) is 28.1 Å². The van der Waals surface area contributed by atoms with Crippen molar-refractivity contribution in [2.24, 2.45) is 0 Å². The number of hydrazine groups is 1. The number of benzene rings is 1. The van der Waals surface area contributed by atoms with Gasteiger partial charge in [-0.25, -0.2) is 9.67 Å². The summed E-state index contributed by atoms with van der Waals surface area (Å²) in [6.07, 6.45) is 4.28. The fourth-order valence-corrected chi connectivity index (χ4v) is 3.55. The molecule has 0 saturated heterocycles. The van der Waals surface area contributed by atoms with Gasteiger partial charge in [-0.3, -0.25) is 20.6 Å². The number of aromatic nitrogens is 6. The maximum Gasteiger partial charge on any atom is 0.433 e. The molecule has 39 heavy (non-hydrogen) atoms. The van der Waals surface area contributed by atoms with Crippen LogP contribution in [-0.4, -0.2) is 36.4 Å². The van der Waals surface area contributed by atoms with Gasteiger partial charge in [-0.05, 0) is 54.4 Å². The van der Waals surface area contributed by atoms with E-state index in [0.717, 1.165) is 33.9 Å². The van der Waals surface area contributed by atoms with Crippen LogP contribution in [0.2, 0.25) is 5.02 Å². The molecule has 5 aromatic rings. The van der Waals surface area contributed by atoms with Crippen molar-refractivity contribution in [2.75, 3.05) is 5.43 Å². The number of amides is 1. The number of rotatable bonds is 6. The average molecular weight is 553 g/mol. The van der Waals surface area contributed by atoms with Gasteiger partial charge in [-0.1, -0.05) is 29.8 Å². The lowest BCUT2D eigenvalue weighted by molar-refractivity contribution is -0.141. The molecule has 0 bridgehead atoms. The molecule has 13 heteroatoms. The van der Waals surface area contributed by atoms with Crippen molar-refractivity contribution >= 4 is 23.8 Å². The third-order valence-electron chi connectivity index (χ3n) is 5.23. The Hall–Kier alpha value is -4.84. The maximum absolute atomic E-state index is 11.9. The van der Waals surface area contributed by atoms with E-state index in [4.69, 9.17) is 11.6 Å². The number of nitrogens with one attached hydrogen (secondary N) is 2. The smallest absolute Gasteiger partial charge is 0.280 e. The van der Waals surface area contributed by atoms with Crippen LogP contribution in [-0.2, 0) is 11.0 Å². The molecule has 2 N–H and O–H groups in total. The van der Waals surface area contributed by atoms with Crippen molar-refractivity contribution in [1.29, 1.82) is 0 Å². The highest BCUT2D eigenvalue weighted by Crippen LogP contribution is 2.36. The van der Waals surface area contributed by atoms with Crippen LogP contribution >= 0.6 is 11.6 Å². The van der Waals surface area contributed by atoms with Crippen molar-refractivity contribution in [3.05, 3.63) is 102 Å². The van der Waals surface area contributed by atoms with Crippen molar-refractivity contribution in [2.45, 2.75) is 13.1 Å². The lowest BCUT2D eigenvalue weighted by Crippen LogP contribution is -2.21. The number of pyridine rings is 2. The van der Waals surface area contributed by atoms with Crippen LogP contribution < -0.4 is 10.9 Å². The number of nitrogens with zero attached hydrogens (tertiary/aromatic N) is 6. The van der Waals surface area contributed by atoms with E-state index in [1.54, 1.807) is 42.3 Å². The van der Waals surface area contributed by atoms with E-state index in [1.165, 1.54) is 12.3 Å². The molecule has 4 aromatic heterocycles. The summed E-state index contributed by atoms with van der Waals surface area (Å²) in [6, 6.07) is 15.3. The van der Waals surface area contributed by atoms with E-state index < -0.39 is 11.9 Å². The number of hydrogen-bond donors (Lipinski definition) is 2. The van der Waals surface area contributed by atoms with Gasteiger partial charge in [0.2, 0.25) is 6.41 Å². The number of aryl methyl sites for hydroxylation is 1. The van der Waals surface area contributed by atoms with E-state index in [9.17, 15) is 18.0 Å². The molecular formula is C26H20ClF3N8O. The highest BCUT2D eigenvalue weighted by Gasteiger charge is 2.31. The minimum atomic E-state index is -4.33. The van der Waals surface area contributed by atoms with E-state index in [-0.39, 0.29) is 0 Å². The maximum atomic E-state index is 11.9. The molecule has 4 heterocycles. The molecule has 0 aliphatic heterocycles. The first-order chi connectivity index (χ1) is 18.8. The topological polar surface area (TPSA) is 111 Å². The predicted octanol–water partition coefficient (Wildman–Crippen LogP) is 5.53. The minimum Gasteiger partial charge on any atom is -0.280 e. The van der Waals surface area contributed by atoms with Gasteiger partial charge in [0.15, 0.2) is 11.6 Å². The second kappa shape index (κ2) is 12.1.